The summed E-state index contributed by atoms with van der Waals surface area (Å²) in [6, 6.07) is 4.30. The maximum absolute atomic E-state index is 13.5. The Morgan fingerprint density at radius 1 is 1.43 bits per heavy atom. The van der Waals surface area contributed by atoms with Crippen molar-refractivity contribution in [1.82, 2.24) is 0 Å². The lowest BCUT2D eigenvalue weighted by molar-refractivity contribution is -0.0424. The van der Waals surface area contributed by atoms with E-state index in [1.54, 1.807) is 0 Å². The van der Waals surface area contributed by atoms with Gasteiger partial charge in [-0.05, 0) is 37.0 Å². The average Bonchev–Trinajstić information content (AvgIpc) is 2.47. The first kappa shape index (κ1) is 16.5. The monoisotopic (exact) mass is 315 g/mol. The van der Waals surface area contributed by atoms with E-state index in [9.17, 15) is 9.50 Å². The van der Waals surface area contributed by atoms with Gasteiger partial charge < -0.3 is 15.2 Å². The fourth-order valence-corrected chi connectivity index (χ4v) is 2.86. The molecule has 1 aliphatic rings. The van der Waals surface area contributed by atoms with Crippen molar-refractivity contribution >= 4 is 17.3 Å². The molecule has 0 amide bonds. The van der Waals surface area contributed by atoms with E-state index in [1.807, 2.05) is 0 Å². The summed E-state index contributed by atoms with van der Waals surface area (Å²) in [4.78, 5) is 0. The van der Waals surface area contributed by atoms with Gasteiger partial charge in [0.2, 0.25) is 0 Å². The van der Waals surface area contributed by atoms with Crippen molar-refractivity contribution in [2.75, 3.05) is 18.5 Å². The third-order valence-corrected chi connectivity index (χ3v) is 4.23. The quantitative estimate of drug-likeness (QED) is 0.838. The number of anilines is 1. The van der Waals surface area contributed by atoms with Gasteiger partial charge in [0.15, 0.2) is 0 Å². The van der Waals surface area contributed by atoms with Crippen LogP contribution in [0.2, 0.25) is 5.02 Å². The van der Waals surface area contributed by atoms with Crippen molar-refractivity contribution in [3.63, 3.8) is 0 Å². The van der Waals surface area contributed by atoms with E-state index in [2.05, 4.69) is 12.2 Å². The molecule has 0 bridgehead atoms. The molecule has 0 radical (unpaired) electrons. The maximum Gasteiger partial charge on any atom is 0.146 e. The molecule has 5 heteroatoms. The molecule has 0 aromatic heterocycles. The second-order valence-corrected chi connectivity index (χ2v) is 6.23. The molecule has 118 valence electrons. The van der Waals surface area contributed by atoms with E-state index in [1.165, 1.54) is 37.5 Å². The standard InChI is InChI=1S/C16H23ClFNO2/c1-11-4-2-3-5-16(11)21-10-13(20)9-19-15-8-12(17)6-7-14(15)18/h6-8,11,13,16,19-20H,2-5,9-10H2,1H3. The van der Waals surface area contributed by atoms with Gasteiger partial charge >= 0.3 is 0 Å². The van der Waals surface area contributed by atoms with Gasteiger partial charge in [0.1, 0.15) is 5.82 Å². The van der Waals surface area contributed by atoms with Crippen LogP contribution in [0.5, 0.6) is 0 Å². The molecule has 0 aliphatic heterocycles. The highest BCUT2D eigenvalue weighted by molar-refractivity contribution is 6.30. The Hall–Kier alpha value is -0.840. The lowest BCUT2D eigenvalue weighted by Crippen LogP contribution is -2.32. The van der Waals surface area contributed by atoms with Crippen LogP contribution >= 0.6 is 11.6 Å². The SMILES string of the molecule is CC1CCCCC1OCC(O)CNc1cc(Cl)ccc1F. The van der Waals surface area contributed by atoms with E-state index < -0.39 is 6.10 Å². The molecule has 1 aromatic rings. The van der Waals surface area contributed by atoms with E-state index in [0.29, 0.717) is 16.6 Å². The van der Waals surface area contributed by atoms with Gasteiger partial charge in [0.05, 0.1) is 24.5 Å². The van der Waals surface area contributed by atoms with Crippen LogP contribution in [0.1, 0.15) is 32.6 Å². The summed E-state index contributed by atoms with van der Waals surface area (Å²) < 4.78 is 19.3. The number of aliphatic hydroxyl groups is 1. The highest BCUT2D eigenvalue weighted by Crippen LogP contribution is 2.26. The predicted molar refractivity (Wildman–Crippen MR) is 83.3 cm³/mol. The summed E-state index contributed by atoms with van der Waals surface area (Å²) in [5.41, 5.74) is 0.299. The second-order valence-electron chi connectivity index (χ2n) is 5.79. The van der Waals surface area contributed by atoms with E-state index in [4.69, 9.17) is 16.3 Å². The summed E-state index contributed by atoms with van der Waals surface area (Å²) >= 11 is 5.82. The van der Waals surface area contributed by atoms with Crippen molar-refractivity contribution in [2.24, 2.45) is 5.92 Å². The number of benzene rings is 1. The number of hydrogen-bond donors (Lipinski definition) is 2. The number of nitrogens with one attached hydrogen (secondary N) is 1. The number of hydrogen-bond acceptors (Lipinski definition) is 3. The summed E-state index contributed by atoms with van der Waals surface area (Å²) in [5.74, 6) is 0.165. The highest BCUT2D eigenvalue weighted by atomic mass is 35.5. The minimum absolute atomic E-state index is 0.233. The zero-order valence-corrected chi connectivity index (χ0v) is 13.1. The molecule has 1 aliphatic carbocycles. The molecule has 3 atom stereocenters. The molecule has 3 unspecified atom stereocenters. The highest BCUT2D eigenvalue weighted by Gasteiger charge is 2.22. The molecular weight excluding hydrogens is 293 g/mol. The Morgan fingerprint density at radius 3 is 2.95 bits per heavy atom. The molecule has 2 N–H and O–H groups in total. The summed E-state index contributed by atoms with van der Waals surface area (Å²) in [6.45, 7) is 2.69. The van der Waals surface area contributed by atoms with Crippen LogP contribution in [0.4, 0.5) is 10.1 Å². The topological polar surface area (TPSA) is 41.5 Å². The lowest BCUT2D eigenvalue weighted by atomic mass is 9.88. The Kier molecular flexibility index (Phi) is 6.27. The van der Waals surface area contributed by atoms with Gasteiger partial charge in [-0.3, -0.25) is 0 Å². The van der Waals surface area contributed by atoms with Crippen molar-refractivity contribution in [2.45, 2.75) is 44.8 Å². The first-order valence-corrected chi connectivity index (χ1v) is 7.92. The Labute approximate surface area is 130 Å². The fourth-order valence-electron chi connectivity index (χ4n) is 2.68. The van der Waals surface area contributed by atoms with Crippen molar-refractivity contribution in [1.29, 1.82) is 0 Å². The van der Waals surface area contributed by atoms with Crippen molar-refractivity contribution in [3.05, 3.63) is 29.0 Å². The van der Waals surface area contributed by atoms with Crippen LogP contribution < -0.4 is 5.32 Å². The Balaban J connectivity index is 1.74. The van der Waals surface area contributed by atoms with Crippen LogP contribution in [0.25, 0.3) is 0 Å². The largest absolute Gasteiger partial charge is 0.389 e. The summed E-state index contributed by atoms with van der Waals surface area (Å²) in [5, 5.41) is 13.3. The Morgan fingerprint density at radius 2 is 2.19 bits per heavy atom. The molecule has 1 aromatic carbocycles. The Bertz CT molecular complexity index is 458. The van der Waals surface area contributed by atoms with Crippen LogP contribution in [-0.2, 0) is 4.74 Å². The molecule has 3 nitrogen and oxygen atoms in total. The van der Waals surface area contributed by atoms with E-state index >= 15 is 0 Å². The molecule has 1 saturated carbocycles. The van der Waals surface area contributed by atoms with Gasteiger partial charge in [0.25, 0.3) is 0 Å². The smallest absolute Gasteiger partial charge is 0.146 e. The van der Waals surface area contributed by atoms with E-state index in [-0.39, 0.29) is 25.1 Å². The number of aliphatic hydroxyl groups excluding tert-OH is 1. The van der Waals surface area contributed by atoms with Gasteiger partial charge in [-0.25, -0.2) is 4.39 Å². The minimum atomic E-state index is -0.669. The van der Waals surface area contributed by atoms with Crippen molar-refractivity contribution in [3.8, 4) is 0 Å². The molecule has 1 fully saturated rings. The fraction of sp³-hybridized carbons (Fsp3) is 0.625. The van der Waals surface area contributed by atoms with E-state index in [0.717, 1.165) is 6.42 Å². The van der Waals surface area contributed by atoms with Crippen LogP contribution in [0.15, 0.2) is 18.2 Å². The molecular formula is C16H23ClFNO2. The average molecular weight is 316 g/mol. The van der Waals surface area contributed by atoms with Gasteiger partial charge in [0, 0.05) is 11.6 Å². The van der Waals surface area contributed by atoms with Gasteiger partial charge in [-0.15, -0.1) is 0 Å². The van der Waals surface area contributed by atoms with Crippen LogP contribution in [0, 0.1) is 11.7 Å². The minimum Gasteiger partial charge on any atom is -0.389 e. The molecule has 0 spiro atoms. The first-order valence-electron chi connectivity index (χ1n) is 7.55. The number of halogens is 2. The van der Waals surface area contributed by atoms with Crippen LogP contribution in [-0.4, -0.2) is 30.5 Å². The molecule has 2 rings (SSSR count). The van der Waals surface area contributed by atoms with Gasteiger partial charge in [-0.1, -0.05) is 31.4 Å². The molecule has 0 heterocycles. The summed E-state index contributed by atoms with van der Waals surface area (Å²) in [6.07, 6.45) is 4.27. The molecule has 21 heavy (non-hydrogen) atoms. The summed E-state index contributed by atoms with van der Waals surface area (Å²) in [7, 11) is 0. The lowest BCUT2D eigenvalue weighted by Gasteiger charge is -2.29. The maximum atomic E-state index is 13.5. The third kappa shape index (κ3) is 5.13. The number of ether oxygens (including phenoxy) is 1. The van der Waals surface area contributed by atoms with Crippen LogP contribution in [0.3, 0.4) is 0 Å². The first-order chi connectivity index (χ1) is 10.1. The zero-order chi connectivity index (χ0) is 15.2. The predicted octanol–water partition coefficient (Wildman–Crippen LogP) is 3.85. The number of rotatable bonds is 6. The third-order valence-electron chi connectivity index (χ3n) is 3.99. The van der Waals surface area contributed by atoms with Crippen molar-refractivity contribution < 1.29 is 14.2 Å². The second kappa shape index (κ2) is 7.97. The van der Waals surface area contributed by atoms with Gasteiger partial charge in [-0.2, -0.15) is 0 Å². The normalized spacial score (nSPS) is 23.8. The molecule has 0 saturated heterocycles. The zero-order valence-electron chi connectivity index (χ0n) is 12.3.